The monoisotopic (exact) mass is 276 g/mol. The molecule has 0 aromatic rings. The summed E-state index contributed by atoms with van der Waals surface area (Å²) in [7, 11) is 0. The first-order chi connectivity index (χ1) is 8.93. The van der Waals surface area contributed by atoms with E-state index in [0.29, 0.717) is 0 Å². The molecule has 0 radical (unpaired) electrons. The molecule has 6 heteroatoms. The fraction of sp³-hybridized carbons (Fsp3) is 0.846. The number of esters is 2. The van der Waals surface area contributed by atoms with Gasteiger partial charge in [-0.2, -0.15) is 0 Å². The molecule has 0 saturated heterocycles. The van der Waals surface area contributed by atoms with Gasteiger partial charge in [0.25, 0.3) is 5.92 Å². The molecule has 2 rings (SSSR count). The van der Waals surface area contributed by atoms with E-state index in [2.05, 4.69) is 0 Å². The van der Waals surface area contributed by atoms with Gasteiger partial charge >= 0.3 is 11.9 Å². The SMILES string of the molecule is CCOC(=O)[C@H]1CC2C(C[C@@H]1C(=O)OCC)C2(F)F. The third-order valence-electron chi connectivity index (χ3n) is 4.05. The summed E-state index contributed by atoms with van der Waals surface area (Å²) in [5, 5.41) is 0. The molecule has 0 bridgehead atoms. The van der Waals surface area contributed by atoms with Gasteiger partial charge < -0.3 is 9.47 Å². The zero-order valence-corrected chi connectivity index (χ0v) is 11.0. The molecule has 0 aliphatic heterocycles. The van der Waals surface area contributed by atoms with E-state index in [9.17, 15) is 18.4 Å². The Bertz CT molecular complexity index is 349. The van der Waals surface area contributed by atoms with Crippen molar-refractivity contribution in [2.45, 2.75) is 32.6 Å². The Morgan fingerprint density at radius 2 is 1.37 bits per heavy atom. The van der Waals surface area contributed by atoms with Crippen LogP contribution in [0.2, 0.25) is 0 Å². The normalized spacial score (nSPS) is 35.2. The zero-order valence-electron chi connectivity index (χ0n) is 11.0. The number of rotatable bonds is 4. The Kier molecular flexibility index (Phi) is 3.78. The summed E-state index contributed by atoms with van der Waals surface area (Å²) in [5.41, 5.74) is 0. The molecule has 0 amide bonds. The van der Waals surface area contributed by atoms with Crippen LogP contribution in [0.3, 0.4) is 0 Å². The molecule has 4 atom stereocenters. The maximum Gasteiger partial charge on any atom is 0.309 e. The quantitative estimate of drug-likeness (QED) is 0.737. The van der Waals surface area contributed by atoms with Crippen molar-refractivity contribution < 1.29 is 27.8 Å². The minimum absolute atomic E-state index is 0.0139. The van der Waals surface area contributed by atoms with Gasteiger partial charge in [-0.15, -0.1) is 0 Å². The van der Waals surface area contributed by atoms with E-state index in [1.165, 1.54) is 0 Å². The van der Waals surface area contributed by atoms with Crippen LogP contribution in [0, 0.1) is 23.7 Å². The maximum atomic E-state index is 13.4. The molecule has 2 saturated carbocycles. The topological polar surface area (TPSA) is 52.6 Å². The molecule has 4 nitrogen and oxygen atoms in total. The van der Waals surface area contributed by atoms with Gasteiger partial charge in [-0.3, -0.25) is 9.59 Å². The first-order valence-corrected chi connectivity index (χ1v) is 6.64. The van der Waals surface area contributed by atoms with E-state index in [1.807, 2.05) is 0 Å². The van der Waals surface area contributed by atoms with Crippen molar-refractivity contribution in [1.82, 2.24) is 0 Å². The number of hydrogen-bond donors (Lipinski definition) is 0. The molecule has 2 aliphatic rings. The van der Waals surface area contributed by atoms with E-state index in [-0.39, 0.29) is 26.1 Å². The lowest BCUT2D eigenvalue weighted by atomic mass is 9.79. The van der Waals surface area contributed by atoms with E-state index < -0.39 is 41.5 Å². The van der Waals surface area contributed by atoms with Crippen LogP contribution in [0.25, 0.3) is 0 Å². The highest BCUT2D eigenvalue weighted by Crippen LogP contribution is 2.64. The molecule has 0 N–H and O–H groups in total. The smallest absolute Gasteiger partial charge is 0.309 e. The Labute approximate surface area is 110 Å². The molecule has 0 aromatic heterocycles. The molecule has 19 heavy (non-hydrogen) atoms. The third-order valence-corrected chi connectivity index (χ3v) is 4.05. The Hall–Kier alpha value is -1.20. The second-order valence-corrected chi connectivity index (χ2v) is 5.08. The summed E-state index contributed by atoms with van der Waals surface area (Å²) in [6.45, 7) is 3.65. The van der Waals surface area contributed by atoms with E-state index in [4.69, 9.17) is 9.47 Å². The average Bonchev–Trinajstić information content (AvgIpc) is 2.90. The highest BCUT2D eigenvalue weighted by atomic mass is 19.3. The lowest BCUT2D eigenvalue weighted by molar-refractivity contribution is -0.162. The predicted molar refractivity (Wildman–Crippen MR) is 61.4 cm³/mol. The number of fused-ring (bicyclic) bond motifs is 1. The lowest BCUT2D eigenvalue weighted by Gasteiger charge is -2.26. The van der Waals surface area contributed by atoms with Gasteiger partial charge in [0, 0.05) is 11.8 Å². The first kappa shape index (κ1) is 14.2. The molecule has 108 valence electrons. The lowest BCUT2D eigenvalue weighted by Crippen LogP contribution is -2.35. The Morgan fingerprint density at radius 1 is 1.00 bits per heavy atom. The predicted octanol–water partition coefficient (Wildman–Crippen LogP) is 2.02. The number of alkyl halides is 2. The van der Waals surface area contributed by atoms with Gasteiger partial charge in [-0.25, -0.2) is 8.78 Å². The van der Waals surface area contributed by atoms with Gasteiger partial charge in [0.05, 0.1) is 25.0 Å². The summed E-state index contributed by atoms with van der Waals surface area (Å²) >= 11 is 0. The van der Waals surface area contributed by atoms with Crippen molar-refractivity contribution in [2.75, 3.05) is 13.2 Å². The summed E-state index contributed by atoms with van der Waals surface area (Å²) < 4.78 is 36.7. The Balaban J connectivity index is 2.12. The van der Waals surface area contributed by atoms with Gasteiger partial charge in [-0.1, -0.05) is 0 Å². The minimum atomic E-state index is -2.74. The highest BCUT2D eigenvalue weighted by molar-refractivity contribution is 5.82. The largest absolute Gasteiger partial charge is 0.466 e. The van der Waals surface area contributed by atoms with Crippen molar-refractivity contribution in [1.29, 1.82) is 0 Å². The number of carbonyl (C=O) groups is 2. The van der Waals surface area contributed by atoms with Crippen LogP contribution >= 0.6 is 0 Å². The van der Waals surface area contributed by atoms with Crippen molar-refractivity contribution >= 4 is 11.9 Å². The minimum Gasteiger partial charge on any atom is -0.466 e. The molecule has 2 fully saturated rings. The highest BCUT2D eigenvalue weighted by Gasteiger charge is 2.72. The Morgan fingerprint density at radius 3 is 1.68 bits per heavy atom. The van der Waals surface area contributed by atoms with Crippen LogP contribution in [-0.2, 0) is 19.1 Å². The van der Waals surface area contributed by atoms with Crippen LogP contribution < -0.4 is 0 Å². The van der Waals surface area contributed by atoms with E-state index in [1.54, 1.807) is 13.8 Å². The maximum absolute atomic E-state index is 13.4. The second-order valence-electron chi connectivity index (χ2n) is 5.08. The van der Waals surface area contributed by atoms with E-state index in [0.717, 1.165) is 0 Å². The summed E-state index contributed by atoms with van der Waals surface area (Å²) in [4.78, 5) is 23.6. The van der Waals surface area contributed by atoms with Crippen molar-refractivity contribution in [2.24, 2.45) is 23.7 Å². The van der Waals surface area contributed by atoms with Crippen LogP contribution in [0.4, 0.5) is 8.78 Å². The standard InChI is InChI=1S/C13H18F2O4/c1-3-18-11(16)7-5-9-10(13(9,14)15)6-8(7)12(17)19-4-2/h7-10H,3-6H2,1-2H3/t7-,8-,9?,10?/m0/s1. The molecule has 0 aromatic carbocycles. The summed E-state index contributed by atoms with van der Waals surface area (Å²) in [6, 6.07) is 0. The molecule has 2 aliphatic carbocycles. The molecule has 0 heterocycles. The van der Waals surface area contributed by atoms with Crippen LogP contribution in [-0.4, -0.2) is 31.1 Å². The van der Waals surface area contributed by atoms with Crippen LogP contribution in [0.15, 0.2) is 0 Å². The van der Waals surface area contributed by atoms with E-state index >= 15 is 0 Å². The third kappa shape index (κ3) is 2.44. The zero-order chi connectivity index (χ0) is 14.2. The van der Waals surface area contributed by atoms with Crippen molar-refractivity contribution in [3.63, 3.8) is 0 Å². The van der Waals surface area contributed by atoms with Gasteiger partial charge in [-0.05, 0) is 26.7 Å². The number of carbonyl (C=O) groups excluding carboxylic acids is 2. The fourth-order valence-corrected chi connectivity index (χ4v) is 3.00. The second kappa shape index (κ2) is 5.06. The van der Waals surface area contributed by atoms with Gasteiger partial charge in [0.15, 0.2) is 0 Å². The molecule has 2 unspecified atom stereocenters. The van der Waals surface area contributed by atoms with Crippen molar-refractivity contribution in [3.05, 3.63) is 0 Å². The summed E-state index contributed by atoms with van der Waals surface area (Å²) in [6.07, 6.45) is 0.0277. The van der Waals surface area contributed by atoms with Crippen LogP contribution in [0.5, 0.6) is 0 Å². The van der Waals surface area contributed by atoms with Gasteiger partial charge in [0.2, 0.25) is 0 Å². The van der Waals surface area contributed by atoms with Crippen molar-refractivity contribution in [3.8, 4) is 0 Å². The first-order valence-electron chi connectivity index (χ1n) is 6.64. The number of hydrogen-bond acceptors (Lipinski definition) is 4. The average molecular weight is 276 g/mol. The molecule has 0 spiro atoms. The molecular weight excluding hydrogens is 258 g/mol. The van der Waals surface area contributed by atoms with Gasteiger partial charge in [0.1, 0.15) is 0 Å². The fourth-order valence-electron chi connectivity index (χ4n) is 3.00. The number of halogens is 2. The number of ether oxygens (including phenoxy) is 2. The van der Waals surface area contributed by atoms with Crippen LogP contribution in [0.1, 0.15) is 26.7 Å². The molecular formula is C13H18F2O4. The summed E-state index contributed by atoms with van der Waals surface area (Å²) in [5.74, 6) is -7.04.